The predicted molar refractivity (Wildman–Crippen MR) is 104 cm³/mol. The summed E-state index contributed by atoms with van der Waals surface area (Å²) in [6.07, 6.45) is -3.35. The van der Waals surface area contributed by atoms with Crippen molar-refractivity contribution < 1.29 is 22.7 Å². The highest BCUT2D eigenvalue weighted by Crippen LogP contribution is 2.36. The topological polar surface area (TPSA) is 48.9 Å². The summed E-state index contributed by atoms with van der Waals surface area (Å²) in [5.74, 6) is -1.02. The van der Waals surface area contributed by atoms with Crippen molar-refractivity contribution in [3.8, 4) is 0 Å². The Kier molecular flexibility index (Phi) is 6.19. The van der Waals surface area contributed by atoms with Crippen LogP contribution in [-0.2, 0) is 4.74 Å². The smallest absolute Gasteiger partial charge is 0.410 e. The van der Waals surface area contributed by atoms with Crippen LogP contribution in [0.25, 0.3) is 0 Å². The molecule has 2 atom stereocenters. The number of anilines is 1. The fourth-order valence-electron chi connectivity index (χ4n) is 3.75. The molecule has 2 saturated heterocycles. The molecule has 0 bridgehead atoms. The van der Waals surface area contributed by atoms with Crippen LogP contribution in [0.5, 0.6) is 0 Å². The molecule has 0 unspecified atom stereocenters. The lowest BCUT2D eigenvalue weighted by Gasteiger charge is -2.54. The van der Waals surface area contributed by atoms with Crippen molar-refractivity contribution in [2.24, 2.45) is 0 Å². The lowest BCUT2D eigenvalue weighted by molar-refractivity contribution is 0.00571. The number of pyridine rings is 1. The Morgan fingerprint density at radius 3 is 2.41 bits per heavy atom. The van der Waals surface area contributed by atoms with Crippen molar-refractivity contribution in [1.82, 2.24) is 14.8 Å². The molecule has 1 aromatic rings. The van der Waals surface area contributed by atoms with Crippen LogP contribution in [0.15, 0.2) is 6.07 Å². The zero-order chi connectivity index (χ0) is 21.5. The summed E-state index contributed by atoms with van der Waals surface area (Å²) in [5.41, 5.74) is -1.41. The van der Waals surface area contributed by atoms with Gasteiger partial charge in [-0.1, -0.05) is 11.6 Å². The zero-order valence-electron chi connectivity index (χ0n) is 17.0. The van der Waals surface area contributed by atoms with Gasteiger partial charge in [0.15, 0.2) is 5.82 Å². The van der Waals surface area contributed by atoms with E-state index in [0.717, 1.165) is 0 Å². The molecule has 0 aliphatic carbocycles. The third-order valence-corrected chi connectivity index (χ3v) is 5.51. The minimum Gasteiger partial charge on any atom is -0.444 e. The first kappa shape index (κ1) is 22.0. The minimum absolute atomic E-state index is 0.0523. The Hall–Kier alpha value is -1.74. The molecule has 1 amide bonds. The number of piperazine rings is 1. The highest BCUT2D eigenvalue weighted by molar-refractivity contribution is 6.29. The number of amides is 1. The number of nitrogens with zero attached hydrogens (tertiary/aromatic N) is 4. The fraction of sp³-hybridized carbons (Fsp3) is 0.684. The van der Waals surface area contributed by atoms with E-state index in [-0.39, 0.29) is 29.0 Å². The summed E-state index contributed by atoms with van der Waals surface area (Å²) in [6, 6.07) is 1.34. The van der Waals surface area contributed by atoms with Gasteiger partial charge >= 0.3 is 6.09 Å². The number of ether oxygens (including phenoxy) is 1. The molecule has 6 nitrogen and oxygen atoms in total. The molecule has 0 aromatic carbocycles. The van der Waals surface area contributed by atoms with Gasteiger partial charge in [0.1, 0.15) is 16.4 Å². The highest BCUT2D eigenvalue weighted by Gasteiger charge is 2.42. The van der Waals surface area contributed by atoms with E-state index in [9.17, 15) is 18.0 Å². The van der Waals surface area contributed by atoms with E-state index in [4.69, 9.17) is 16.3 Å². The number of hydrogen-bond donors (Lipinski definition) is 0. The van der Waals surface area contributed by atoms with Crippen molar-refractivity contribution in [2.75, 3.05) is 37.6 Å². The van der Waals surface area contributed by atoms with Crippen LogP contribution in [-0.4, -0.2) is 71.3 Å². The van der Waals surface area contributed by atoms with Crippen LogP contribution in [0.2, 0.25) is 5.15 Å². The van der Waals surface area contributed by atoms with Gasteiger partial charge < -0.3 is 14.5 Å². The number of hydrogen-bond acceptors (Lipinski definition) is 5. The van der Waals surface area contributed by atoms with E-state index in [1.165, 1.54) is 6.07 Å². The van der Waals surface area contributed by atoms with Gasteiger partial charge in [-0.25, -0.2) is 22.9 Å². The molecule has 162 valence electrons. The summed E-state index contributed by atoms with van der Waals surface area (Å²) in [5, 5.41) is -0.154. The number of rotatable bonds is 3. The second-order valence-corrected chi connectivity index (χ2v) is 8.81. The summed E-state index contributed by atoms with van der Waals surface area (Å²) in [7, 11) is 0. The second-order valence-electron chi connectivity index (χ2n) is 8.43. The van der Waals surface area contributed by atoms with Crippen LogP contribution in [0, 0.1) is 5.82 Å². The van der Waals surface area contributed by atoms with Crippen LogP contribution < -0.4 is 4.90 Å². The Balaban J connectivity index is 1.60. The van der Waals surface area contributed by atoms with Gasteiger partial charge in [0.25, 0.3) is 6.43 Å². The quantitative estimate of drug-likeness (QED) is 0.674. The third kappa shape index (κ3) is 4.71. The Labute approximate surface area is 173 Å². The molecule has 3 heterocycles. The SMILES string of the molecule is C[C@@H]1[C@H](N2CCN(C(=O)OC(C)(C)C)CC2)CN1c1cc(Cl)nc(C(F)F)c1F. The Morgan fingerprint density at radius 2 is 1.90 bits per heavy atom. The van der Waals surface area contributed by atoms with Crippen molar-refractivity contribution in [3.05, 3.63) is 22.7 Å². The van der Waals surface area contributed by atoms with Gasteiger partial charge in [-0.15, -0.1) is 0 Å². The summed E-state index contributed by atoms with van der Waals surface area (Å²) >= 11 is 5.82. The second kappa shape index (κ2) is 8.18. The van der Waals surface area contributed by atoms with Gasteiger partial charge in [-0.2, -0.15) is 0 Å². The van der Waals surface area contributed by atoms with Crippen molar-refractivity contribution in [1.29, 1.82) is 0 Å². The molecule has 2 fully saturated rings. The lowest BCUT2D eigenvalue weighted by atomic mass is 9.94. The highest BCUT2D eigenvalue weighted by atomic mass is 35.5. The molecule has 1 aromatic heterocycles. The molecule has 29 heavy (non-hydrogen) atoms. The lowest BCUT2D eigenvalue weighted by Crippen LogP contribution is -2.68. The molecule has 0 spiro atoms. The number of halogens is 4. The molecule has 2 aliphatic heterocycles. The number of carbonyl (C=O) groups excluding carboxylic acids is 1. The van der Waals surface area contributed by atoms with Gasteiger partial charge in [-0.05, 0) is 27.7 Å². The van der Waals surface area contributed by atoms with Gasteiger partial charge in [0, 0.05) is 50.9 Å². The fourth-order valence-corrected chi connectivity index (χ4v) is 3.94. The van der Waals surface area contributed by atoms with Crippen LogP contribution in [0.3, 0.4) is 0 Å². The monoisotopic (exact) mass is 434 g/mol. The number of carbonyl (C=O) groups is 1. The maximum atomic E-state index is 14.5. The van der Waals surface area contributed by atoms with Crippen LogP contribution in [0.4, 0.5) is 23.7 Å². The predicted octanol–water partition coefficient (Wildman–Crippen LogP) is 3.94. The number of alkyl halides is 2. The largest absolute Gasteiger partial charge is 0.444 e. The minimum atomic E-state index is -3.03. The van der Waals surface area contributed by atoms with E-state index < -0.39 is 23.5 Å². The molecule has 0 radical (unpaired) electrons. The Morgan fingerprint density at radius 1 is 1.28 bits per heavy atom. The first-order valence-electron chi connectivity index (χ1n) is 9.60. The van der Waals surface area contributed by atoms with Crippen molar-refractivity contribution in [2.45, 2.75) is 51.8 Å². The average molecular weight is 435 g/mol. The van der Waals surface area contributed by atoms with Crippen molar-refractivity contribution in [3.63, 3.8) is 0 Å². The molecule has 3 rings (SSSR count). The molecule has 0 N–H and O–H groups in total. The van der Waals surface area contributed by atoms with E-state index in [1.807, 2.05) is 27.7 Å². The standard InChI is InChI=1S/C19H26ClF3N4O2/c1-11-13(25-5-7-26(8-6-25)18(28)29-19(2,3)4)10-27(11)12-9-14(20)24-16(15(12)21)17(22)23/h9,11,13,17H,5-8,10H2,1-4H3/t11-,13-/m1/s1. The average Bonchev–Trinajstić information content (AvgIpc) is 2.62. The van der Waals surface area contributed by atoms with E-state index in [0.29, 0.717) is 32.7 Å². The van der Waals surface area contributed by atoms with E-state index >= 15 is 0 Å². The maximum absolute atomic E-state index is 14.5. The van der Waals surface area contributed by atoms with E-state index in [2.05, 4.69) is 9.88 Å². The van der Waals surface area contributed by atoms with Gasteiger partial charge in [0.05, 0.1) is 5.69 Å². The molecular weight excluding hydrogens is 409 g/mol. The summed E-state index contributed by atoms with van der Waals surface area (Å²) < 4.78 is 45.9. The third-order valence-electron chi connectivity index (χ3n) is 5.32. The first-order valence-corrected chi connectivity index (χ1v) is 9.98. The normalized spacial score (nSPS) is 23.3. The maximum Gasteiger partial charge on any atom is 0.410 e. The summed E-state index contributed by atoms with van der Waals surface area (Å²) in [4.78, 5) is 21.2. The molecular formula is C19H26ClF3N4O2. The van der Waals surface area contributed by atoms with Crippen LogP contribution >= 0.6 is 11.6 Å². The van der Waals surface area contributed by atoms with Gasteiger partial charge in [-0.3, -0.25) is 4.90 Å². The number of aromatic nitrogens is 1. The molecule has 2 aliphatic rings. The molecule has 0 saturated carbocycles. The Bertz CT molecular complexity index is 767. The molecule has 10 heteroatoms. The summed E-state index contributed by atoms with van der Waals surface area (Å²) in [6.45, 7) is 10.3. The first-order chi connectivity index (χ1) is 13.5. The van der Waals surface area contributed by atoms with Gasteiger partial charge in [0.2, 0.25) is 0 Å². The van der Waals surface area contributed by atoms with E-state index in [1.54, 1.807) is 9.80 Å². The van der Waals surface area contributed by atoms with Crippen molar-refractivity contribution >= 4 is 23.4 Å². The zero-order valence-corrected chi connectivity index (χ0v) is 17.7. The van der Waals surface area contributed by atoms with Crippen LogP contribution in [0.1, 0.15) is 39.8 Å².